The number of nitrogens with zero attached hydrogens (tertiary/aromatic N) is 2. The van der Waals surface area contributed by atoms with Crippen LogP contribution in [-0.2, 0) is 27.3 Å². The van der Waals surface area contributed by atoms with Gasteiger partial charge in [0.1, 0.15) is 5.75 Å². The molecule has 0 aliphatic carbocycles. The van der Waals surface area contributed by atoms with E-state index >= 15 is 0 Å². The van der Waals surface area contributed by atoms with Gasteiger partial charge in [-0.2, -0.15) is 0 Å². The number of benzene rings is 2. The highest BCUT2D eigenvalue weighted by Crippen LogP contribution is 2.41. The average Bonchev–Trinajstić information content (AvgIpc) is 3.47. The maximum absolute atomic E-state index is 13.3. The molecular weight excluding hydrogens is 456 g/mol. The molecule has 1 amide bonds. The van der Waals surface area contributed by atoms with E-state index in [4.69, 9.17) is 9.57 Å². The summed E-state index contributed by atoms with van der Waals surface area (Å²) in [5.74, 6) is -0.902. The highest BCUT2D eigenvalue weighted by Gasteiger charge is 2.47. The second-order valence-electron chi connectivity index (χ2n) is 9.89. The van der Waals surface area contributed by atoms with Gasteiger partial charge in [0, 0.05) is 31.5 Å². The molecule has 7 heteroatoms. The van der Waals surface area contributed by atoms with Gasteiger partial charge >= 0.3 is 5.97 Å². The third-order valence-corrected chi connectivity index (χ3v) is 7.36. The van der Waals surface area contributed by atoms with Crippen LogP contribution in [0.25, 0.3) is 0 Å². The molecule has 36 heavy (non-hydrogen) atoms. The van der Waals surface area contributed by atoms with Crippen molar-refractivity contribution in [3.63, 3.8) is 0 Å². The van der Waals surface area contributed by atoms with Crippen LogP contribution in [0.3, 0.4) is 0 Å². The van der Waals surface area contributed by atoms with E-state index in [2.05, 4.69) is 30.0 Å². The van der Waals surface area contributed by atoms with Gasteiger partial charge in [-0.25, -0.2) is 5.06 Å². The fourth-order valence-electron chi connectivity index (χ4n) is 5.50. The minimum absolute atomic E-state index is 0.118. The Balaban J connectivity index is 1.65. The van der Waals surface area contributed by atoms with E-state index in [-0.39, 0.29) is 24.4 Å². The normalized spacial score (nSPS) is 21.2. The third kappa shape index (κ3) is 5.73. The number of fused-ring (bicyclic) bond motifs is 1. The first-order valence-corrected chi connectivity index (χ1v) is 13.1. The lowest BCUT2D eigenvalue weighted by Crippen LogP contribution is -2.45. The van der Waals surface area contributed by atoms with Gasteiger partial charge in [0.25, 0.3) is 5.91 Å². The van der Waals surface area contributed by atoms with E-state index in [1.165, 1.54) is 5.06 Å². The van der Waals surface area contributed by atoms with E-state index in [0.717, 1.165) is 47.3 Å². The van der Waals surface area contributed by atoms with E-state index in [1.54, 1.807) is 0 Å². The molecule has 0 bridgehead atoms. The second-order valence-corrected chi connectivity index (χ2v) is 9.89. The molecule has 0 saturated carbocycles. The van der Waals surface area contributed by atoms with Gasteiger partial charge in [-0.05, 0) is 54.5 Å². The first-order valence-electron chi connectivity index (χ1n) is 13.1. The largest absolute Gasteiger partial charge is 0.493 e. The zero-order chi connectivity index (χ0) is 25.7. The van der Waals surface area contributed by atoms with Crippen molar-refractivity contribution in [2.45, 2.75) is 58.4 Å². The number of carboxylic acid groups (broad SMARTS) is 1. The lowest BCUT2D eigenvalue weighted by atomic mass is 9.82. The summed E-state index contributed by atoms with van der Waals surface area (Å²) >= 11 is 0. The molecule has 1 fully saturated rings. The molecule has 2 aromatic carbocycles. The van der Waals surface area contributed by atoms with Crippen LogP contribution < -0.4 is 4.74 Å². The summed E-state index contributed by atoms with van der Waals surface area (Å²) in [4.78, 5) is 33.9. The van der Waals surface area contributed by atoms with Crippen LogP contribution in [0.5, 0.6) is 5.75 Å². The van der Waals surface area contributed by atoms with Gasteiger partial charge < -0.3 is 9.84 Å². The summed E-state index contributed by atoms with van der Waals surface area (Å²) in [6.45, 7) is 8.38. The molecule has 2 aromatic rings. The predicted octanol–water partition coefficient (Wildman–Crippen LogP) is 4.22. The number of likely N-dealkylation sites (tertiary alicyclic amines) is 1. The van der Waals surface area contributed by atoms with Crippen molar-refractivity contribution in [2.24, 2.45) is 5.92 Å². The summed E-state index contributed by atoms with van der Waals surface area (Å²) in [6, 6.07) is 13.8. The molecule has 0 radical (unpaired) electrons. The van der Waals surface area contributed by atoms with Gasteiger partial charge in [-0.15, -0.1) is 0 Å². The Kier molecular flexibility index (Phi) is 8.64. The van der Waals surface area contributed by atoms with Crippen molar-refractivity contribution in [3.8, 4) is 5.75 Å². The number of aliphatic carboxylic acids is 1. The van der Waals surface area contributed by atoms with Crippen molar-refractivity contribution < 1.29 is 24.3 Å². The highest BCUT2D eigenvalue weighted by molar-refractivity contribution is 5.78. The molecule has 4 rings (SSSR count). The number of hydroxylamine groups is 2. The van der Waals surface area contributed by atoms with Crippen molar-refractivity contribution in [1.29, 1.82) is 0 Å². The first-order chi connectivity index (χ1) is 17.4. The number of carbonyl (C=O) groups excluding carboxylic acids is 1. The molecule has 2 aliphatic rings. The minimum atomic E-state index is -0.821. The molecule has 194 valence electrons. The third-order valence-electron chi connectivity index (χ3n) is 7.36. The molecule has 2 heterocycles. The van der Waals surface area contributed by atoms with Gasteiger partial charge in [0.05, 0.1) is 25.7 Å². The smallest absolute Gasteiger partial charge is 0.308 e. The molecule has 3 atom stereocenters. The lowest BCUT2D eigenvalue weighted by molar-refractivity contribution is -0.188. The summed E-state index contributed by atoms with van der Waals surface area (Å²) < 4.78 is 5.67. The fraction of sp³-hybridized carbons (Fsp3) is 0.517. The van der Waals surface area contributed by atoms with Crippen LogP contribution in [0, 0.1) is 12.8 Å². The van der Waals surface area contributed by atoms with Crippen molar-refractivity contribution >= 4 is 11.9 Å². The summed E-state index contributed by atoms with van der Waals surface area (Å²) in [6.07, 6.45) is 3.02. The number of carboxylic acids is 1. The standard InChI is InChI=1S/C29H38N2O5/c1-4-13-31(36-14-5-2)27(32)19-30-18-24(22-10-11-26-23(16-22)12-15-35-26)28(29(33)34)25(30)17-21-9-7-6-8-20(21)3/h6-11,16,24-25,28H,4-5,12-15,17-19H2,1-3H3,(H,33,34)/t24-,25+,28-/m1/s1. The van der Waals surface area contributed by atoms with Gasteiger partial charge in [0.15, 0.2) is 0 Å². The topological polar surface area (TPSA) is 79.3 Å². The van der Waals surface area contributed by atoms with E-state index in [0.29, 0.717) is 32.7 Å². The van der Waals surface area contributed by atoms with Crippen molar-refractivity contribution in [3.05, 3.63) is 64.7 Å². The SMILES string of the molecule is CCCON(CCC)C(=O)CN1C[C@H](c2ccc3c(c2)CCO3)[C@@H](C(=O)O)[C@@H]1Cc1ccccc1C. The van der Waals surface area contributed by atoms with Gasteiger partial charge in [-0.1, -0.05) is 50.2 Å². The number of hydrogen-bond donors (Lipinski definition) is 1. The number of rotatable bonds is 11. The maximum Gasteiger partial charge on any atom is 0.308 e. The molecule has 0 spiro atoms. The van der Waals surface area contributed by atoms with Crippen LogP contribution in [-0.4, -0.2) is 65.8 Å². The van der Waals surface area contributed by atoms with Crippen molar-refractivity contribution in [2.75, 3.05) is 32.8 Å². The fourth-order valence-corrected chi connectivity index (χ4v) is 5.50. The Labute approximate surface area is 213 Å². The Bertz CT molecular complexity index is 1070. The van der Waals surface area contributed by atoms with E-state index in [9.17, 15) is 14.7 Å². The van der Waals surface area contributed by atoms with Gasteiger partial charge in [0.2, 0.25) is 0 Å². The summed E-state index contributed by atoms with van der Waals surface area (Å²) in [7, 11) is 0. The quantitative estimate of drug-likeness (QED) is 0.471. The lowest BCUT2D eigenvalue weighted by Gasteiger charge is -2.29. The Morgan fingerprint density at radius 2 is 1.97 bits per heavy atom. The number of hydrogen-bond acceptors (Lipinski definition) is 5. The van der Waals surface area contributed by atoms with Crippen molar-refractivity contribution in [1.82, 2.24) is 9.96 Å². The molecule has 0 aromatic heterocycles. The zero-order valence-electron chi connectivity index (χ0n) is 21.6. The van der Waals surface area contributed by atoms with E-state index in [1.807, 2.05) is 38.1 Å². The van der Waals surface area contributed by atoms with Crippen LogP contribution in [0.2, 0.25) is 0 Å². The first kappa shape index (κ1) is 26.2. The monoisotopic (exact) mass is 494 g/mol. The number of carbonyl (C=O) groups is 2. The van der Waals surface area contributed by atoms with Crippen LogP contribution in [0.4, 0.5) is 0 Å². The summed E-state index contributed by atoms with van der Waals surface area (Å²) in [5.41, 5.74) is 4.37. The molecule has 1 saturated heterocycles. The summed E-state index contributed by atoms with van der Waals surface area (Å²) in [5, 5.41) is 11.9. The maximum atomic E-state index is 13.3. The molecular formula is C29H38N2O5. The zero-order valence-corrected chi connectivity index (χ0v) is 21.6. The van der Waals surface area contributed by atoms with E-state index < -0.39 is 11.9 Å². The Morgan fingerprint density at radius 3 is 2.69 bits per heavy atom. The van der Waals surface area contributed by atoms with Crippen LogP contribution in [0.15, 0.2) is 42.5 Å². The molecule has 7 nitrogen and oxygen atoms in total. The highest BCUT2D eigenvalue weighted by atomic mass is 16.7. The predicted molar refractivity (Wildman–Crippen MR) is 138 cm³/mol. The number of ether oxygens (including phenoxy) is 1. The average molecular weight is 495 g/mol. The Hall–Kier alpha value is -2.90. The molecule has 1 N–H and O–H groups in total. The molecule has 2 aliphatic heterocycles. The van der Waals surface area contributed by atoms with Crippen LogP contribution in [0.1, 0.15) is 54.9 Å². The Morgan fingerprint density at radius 1 is 1.17 bits per heavy atom. The second kappa shape index (κ2) is 11.9. The minimum Gasteiger partial charge on any atom is -0.493 e. The number of amides is 1. The number of aryl methyl sites for hydroxylation is 1. The molecule has 0 unspecified atom stereocenters. The van der Waals surface area contributed by atoms with Gasteiger partial charge in [-0.3, -0.25) is 19.3 Å². The van der Waals surface area contributed by atoms with Crippen LogP contribution >= 0.6 is 0 Å².